The number of hydrogen-bond donors (Lipinski definition) is 2. The van der Waals surface area contributed by atoms with Crippen molar-refractivity contribution in [3.05, 3.63) is 56.9 Å². The van der Waals surface area contributed by atoms with E-state index in [0.29, 0.717) is 16.9 Å². The predicted octanol–water partition coefficient (Wildman–Crippen LogP) is 1.98. The lowest BCUT2D eigenvalue weighted by molar-refractivity contribution is 0.102. The van der Waals surface area contributed by atoms with Gasteiger partial charge in [0.15, 0.2) is 0 Å². The number of aromatic nitrogens is 1. The van der Waals surface area contributed by atoms with Gasteiger partial charge in [-0.25, -0.2) is 0 Å². The summed E-state index contributed by atoms with van der Waals surface area (Å²) in [6, 6.07) is 8.02. The van der Waals surface area contributed by atoms with Crippen LogP contribution in [-0.4, -0.2) is 10.5 Å². The second kappa shape index (κ2) is 5.27. The Labute approximate surface area is 118 Å². The van der Waals surface area contributed by atoms with Crippen LogP contribution in [-0.2, 0) is 7.05 Å². The van der Waals surface area contributed by atoms with Crippen molar-refractivity contribution in [2.75, 3.05) is 11.1 Å². The van der Waals surface area contributed by atoms with Gasteiger partial charge >= 0.3 is 0 Å². The number of hydrogen-bond acceptors (Lipinski definition) is 3. The van der Waals surface area contributed by atoms with Crippen molar-refractivity contribution in [2.24, 2.45) is 7.05 Å². The van der Waals surface area contributed by atoms with Crippen molar-refractivity contribution in [2.45, 2.75) is 0 Å². The van der Waals surface area contributed by atoms with E-state index in [1.165, 1.54) is 10.6 Å². The van der Waals surface area contributed by atoms with E-state index in [0.717, 1.165) is 4.47 Å². The predicted molar refractivity (Wildman–Crippen MR) is 78.2 cm³/mol. The van der Waals surface area contributed by atoms with Gasteiger partial charge in [-0.15, -0.1) is 0 Å². The number of nitrogens with one attached hydrogen (secondary N) is 1. The third-order valence-electron chi connectivity index (χ3n) is 2.63. The molecule has 1 aromatic heterocycles. The average Bonchev–Trinajstić information content (AvgIpc) is 2.36. The van der Waals surface area contributed by atoms with E-state index < -0.39 is 0 Å². The summed E-state index contributed by atoms with van der Waals surface area (Å²) in [6.45, 7) is 0. The second-order valence-corrected chi connectivity index (χ2v) is 4.97. The number of pyridine rings is 1. The van der Waals surface area contributed by atoms with Crippen LogP contribution in [0.3, 0.4) is 0 Å². The summed E-state index contributed by atoms with van der Waals surface area (Å²) >= 11 is 3.29. The molecule has 2 aromatic rings. The lowest BCUT2D eigenvalue weighted by Crippen LogP contribution is -2.20. The summed E-state index contributed by atoms with van der Waals surface area (Å²) in [6.07, 6.45) is 1.54. The van der Waals surface area contributed by atoms with Gasteiger partial charge in [-0.2, -0.15) is 0 Å². The monoisotopic (exact) mass is 321 g/mol. The number of amides is 1. The summed E-state index contributed by atoms with van der Waals surface area (Å²) in [5, 5.41) is 2.67. The van der Waals surface area contributed by atoms with E-state index >= 15 is 0 Å². The number of nitrogens with zero attached hydrogens (tertiary/aromatic N) is 1. The molecule has 0 aliphatic carbocycles. The number of nitrogen functional groups attached to an aromatic ring is 1. The van der Waals surface area contributed by atoms with Gasteiger partial charge in [-0.05, 0) is 24.3 Å². The molecule has 3 N–H and O–H groups in total. The molecule has 0 fully saturated rings. The Bertz CT molecular complexity index is 695. The maximum absolute atomic E-state index is 12.0. The Balaban J connectivity index is 2.25. The van der Waals surface area contributed by atoms with Crippen LogP contribution in [0.2, 0.25) is 0 Å². The quantitative estimate of drug-likeness (QED) is 0.830. The molecule has 1 heterocycles. The lowest BCUT2D eigenvalue weighted by Gasteiger charge is -2.08. The van der Waals surface area contributed by atoms with Gasteiger partial charge in [0.2, 0.25) is 0 Å². The normalized spacial score (nSPS) is 10.2. The third-order valence-corrected chi connectivity index (χ3v) is 3.12. The van der Waals surface area contributed by atoms with Crippen molar-refractivity contribution in [1.29, 1.82) is 0 Å². The van der Waals surface area contributed by atoms with E-state index in [2.05, 4.69) is 21.2 Å². The Morgan fingerprint density at radius 2 is 2.05 bits per heavy atom. The fourth-order valence-corrected chi connectivity index (χ4v) is 1.91. The van der Waals surface area contributed by atoms with Gasteiger partial charge in [-0.3, -0.25) is 9.59 Å². The molecule has 2 rings (SSSR count). The maximum Gasteiger partial charge on any atom is 0.255 e. The topological polar surface area (TPSA) is 77.1 Å². The van der Waals surface area contributed by atoms with Gasteiger partial charge in [0.25, 0.3) is 11.5 Å². The number of halogens is 1. The largest absolute Gasteiger partial charge is 0.397 e. The van der Waals surface area contributed by atoms with Crippen LogP contribution in [0.4, 0.5) is 11.4 Å². The summed E-state index contributed by atoms with van der Waals surface area (Å²) in [5.41, 5.74) is 6.81. The summed E-state index contributed by atoms with van der Waals surface area (Å²) in [5.74, 6) is -0.369. The first kappa shape index (κ1) is 13.4. The molecule has 1 amide bonds. The summed E-state index contributed by atoms with van der Waals surface area (Å²) < 4.78 is 2.22. The molecule has 5 nitrogen and oxygen atoms in total. The molecule has 0 radical (unpaired) electrons. The van der Waals surface area contributed by atoms with Gasteiger partial charge < -0.3 is 15.6 Å². The molecule has 98 valence electrons. The number of carbonyl (C=O) groups excluding carboxylic acids is 1. The van der Waals surface area contributed by atoms with Gasteiger partial charge in [-0.1, -0.05) is 15.9 Å². The van der Waals surface area contributed by atoms with Crippen molar-refractivity contribution in [3.63, 3.8) is 0 Å². The zero-order valence-electron chi connectivity index (χ0n) is 10.2. The van der Waals surface area contributed by atoms with Crippen LogP contribution in [0.5, 0.6) is 0 Å². The Morgan fingerprint density at radius 3 is 2.68 bits per heavy atom. The molecule has 19 heavy (non-hydrogen) atoms. The molecule has 0 atom stereocenters. The first-order valence-corrected chi connectivity index (χ1v) is 6.30. The van der Waals surface area contributed by atoms with Crippen LogP contribution in [0.25, 0.3) is 0 Å². The molecule has 0 saturated carbocycles. The minimum absolute atomic E-state index is 0.239. The molecule has 0 bridgehead atoms. The summed E-state index contributed by atoms with van der Waals surface area (Å²) in [7, 11) is 1.62. The smallest absolute Gasteiger partial charge is 0.255 e. The highest BCUT2D eigenvalue weighted by atomic mass is 79.9. The molecule has 0 saturated heterocycles. The molecule has 6 heteroatoms. The van der Waals surface area contributed by atoms with Crippen molar-refractivity contribution in [1.82, 2.24) is 4.57 Å². The van der Waals surface area contributed by atoms with E-state index in [1.54, 1.807) is 37.5 Å². The minimum Gasteiger partial charge on any atom is -0.397 e. The first-order valence-electron chi connectivity index (χ1n) is 5.50. The van der Waals surface area contributed by atoms with E-state index in [4.69, 9.17) is 5.73 Å². The molecule has 1 aromatic carbocycles. The standard InChI is InChI=1S/C13H12BrN3O2/c1-17-5-4-8(6-12(17)18)13(19)16-11-3-2-9(14)7-10(11)15/h2-7H,15H2,1H3,(H,16,19). The Morgan fingerprint density at radius 1 is 1.32 bits per heavy atom. The fourth-order valence-electron chi connectivity index (χ4n) is 1.53. The first-order chi connectivity index (χ1) is 8.97. The van der Waals surface area contributed by atoms with Crippen LogP contribution in [0.1, 0.15) is 10.4 Å². The van der Waals surface area contributed by atoms with Crippen LogP contribution >= 0.6 is 15.9 Å². The van der Waals surface area contributed by atoms with Crippen LogP contribution < -0.4 is 16.6 Å². The highest BCUT2D eigenvalue weighted by Gasteiger charge is 2.09. The number of aryl methyl sites for hydroxylation is 1. The molecular formula is C13H12BrN3O2. The zero-order valence-corrected chi connectivity index (χ0v) is 11.8. The Hall–Kier alpha value is -2.08. The minimum atomic E-state index is -0.369. The molecule has 0 aliphatic heterocycles. The number of carbonyl (C=O) groups is 1. The number of benzene rings is 1. The van der Waals surface area contributed by atoms with E-state index in [9.17, 15) is 9.59 Å². The fraction of sp³-hybridized carbons (Fsp3) is 0.0769. The van der Waals surface area contributed by atoms with Crippen molar-refractivity contribution < 1.29 is 4.79 Å². The molecule has 0 spiro atoms. The highest BCUT2D eigenvalue weighted by molar-refractivity contribution is 9.10. The van der Waals surface area contributed by atoms with Crippen molar-refractivity contribution in [3.8, 4) is 0 Å². The van der Waals surface area contributed by atoms with Gasteiger partial charge in [0.1, 0.15) is 0 Å². The van der Waals surface area contributed by atoms with Gasteiger partial charge in [0.05, 0.1) is 11.4 Å². The maximum atomic E-state index is 12.0. The van der Waals surface area contributed by atoms with Crippen LogP contribution in [0, 0.1) is 0 Å². The number of rotatable bonds is 2. The molecule has 0 unspecified atom stereocenters. The van der Waals surface area contributed by atoms with E-state index in [-0.39, 0.29) is 11.5 Å². The zero-order chi connectivity index (χ0) is 14.0. The number of nitrogens with two attached hydrogens (primary N) is 1. The lowest BCUT2D eigenvalue weighted by atomic mass is 10.2. The molecule has 0 aliphatic rings. The second-order valence-electron chi connectivity index (χ2n) is 4.05. The van der Waals surface area contributed by atoms with Crippen molar-refractivity contribution >= 4 is 33.2 Å². The number of anilines is 2. The SMILES string of the molecule is Cn1ccc(C(=O)Nc2ccc(Br)cc2N)cc1=O. The highest BCUT2D eigenvalue weighted by Crippen LogP contribution is 2.23. The summed E-state index contributed by atoms with van der Waals surface area (Å²) in [4.78, 5) is 23.4. The third kappa shape index (κ3) is 3.03. The average molecular weight is 322 g/mol. The Kier molecular flexibility index (Phi) is 3.71. The van der Waals surface area contributed by atoms with Crippen LogP contribution in [0.15, 0.2) is 45.8 Å². The van der Waals surface area contributed by atoms with Gasteiger partial charge in [0, 0.05) is 29.3 Å². The molecular weight excluding hydrogens is 310 g/mol. The van der Waals surface area contributed by atoms with E-state index in [1.807, 2.05) is 0 Å².